The van der Waals surface area contributed by atoms with E-state index in [-0.39, 0.29) is 40.1 Å². The summed E-state index contributed by atoms with van der Waals surface area (Å²) in [7, 11) is 0. The Bertz CT molecular complexity index is 1410. The average Bonchev–Trinajstić information content (AvgIpc) is 3.28. The lowest BCUT2D eigenvalue weighted by Crippen LogP contribution is -2.32. The monoisotopic (exact) mass is 562 g/mol. The molecule has 0 radical (unpaired) electrons. The van der Waals surface area contributed by atoms with Gasteiger partial charge in [-0.1, -0.05) is 48.5 Å². The highest BCUT2D eigenvalue weighted by Gasteiger charge is 2.44. The summed E-state index contributed by atoms with van der Waals surface area (Å²) < 4.78 is 49.4. The molecule has 2 aromatic carbocycles. The van der Waals surface area contributed by atoms with Crippen LogP contribution >= 0.6 is 11.6 Å². The van der Waals surface area contributed by atoms with Crippen molar-refractivity contribution in [2.45, 2.75) is 31.7 Å². The summed E-state index contributed by atoms with van der Waals surface area (Å²) >= 11 is 6.07. The maximum Gasteiger partial charge on any atom is 0.429 e. The van der Waals surface area contributed by atoms with Gasteiger partial charge in [0.15, 0.2) is 5.96 Å². The first-order valence-corrected chi connectivity index (χ1v) is 11.8. The van der Waals surface area contributed by atoms with Crippen molar-refractivity contribution < 1.29 is 27.8 Å². The normalized spacial score (nSPS) is 13.4. The van der Waals surface area contributed by atoms with Crippen LogP contribution < -0.4 is 17.2 Å². The lowest BCUT2D eigenvalue weighted by molar-refractivity contribution is -0.211. The van der Waals surface area contributed by atoms with Crippen LogP contribution in [0.5, 0.6) is 0 Å². The van der Waals surface area contributed by atoms with Crippen molar-refractivity contribution in [3.8, 4) is 5.69 Å². The minimum absolute atomic E-state index is 0.0639. The van der Waals surface area contributed by atoms with E-state index in [9.17, 15) is 18.0 Å². The minimum atomic E-state index is -4.84. The highest BCUT2D eigenvalue weighted by Crippen LogP contribution is 2.41. The van der Waals surface area contributed by atoms with Gasteiger partial charge in [-0.3, -0.25) is 4.79 Å². The van der Waals surface area contributed by atoms with Crippen LogP contribution in [0.25, 0.3) is 11.4 Å². The molecule has 206 valence electrons. The zero-order valence-electron chi connectivity index (χ0n) is 20.7. The molecule has 0 unspecified atom stereocenters. The largest absolute Gasteiger partial charge is 0.480 e. The van der Waals surface area contributed by atoms with Crippen molar-refractivity contribution in [1.29, 1.82) is 0 Å². The molecule has 7 N–H and O–H groups in total. The Morgan fingerprint density at radius 1 is 1.23 bits per heavy atom. The molecule has 0 fully saturated rings. The summed E-state index contributed by atoms with van der Waals surface area (Å²) in [4.78, 5) is 15.0. The van der Waals surface area contributed by atoms with Crippen molar-refractivity contribution in [1.82, 2.24) is 9.78 Å². The molecule has 1 heterocycles. The number of aliphatic carboxylic acids is 1. The molecule has 2 atom stereocenters. The van der Waals surface area contributed by atoms with Gasteiger partial charge in [-0.15, -0.1) is 0 Å². The highest BCUT2D eigenvalue weighted by molar-refractivity contribution is 6.30. The standard InChI is InChI=1S/C26H26ClF3N6O3/c1-14-9-10-36(35-14)22-13-18(27)7-8-19(22)23(26(28,29)30)39-15(2)11-21(34-25(32)33)17-5-3-16(4-6-17)12-20(31)24(37)38/h3-11,13,20,23H,2,12,31H2,1H3,(H,37,38)(H4,32,33,34)/b21-11-/t20-,23+/m0/s1. The van der Waals surface area contributed by atoms with E-state index in [0.29, 0.717) is 16.8 Å². The number of allylic oxidation sites excluding steroid dienone is 1. The number of alkyl halides is 3. The zero-order valence-corrected chi connectivity index (χ0v) is 21.4. The SMILES string of the molecule is C=C(/C=C(\N=C(N)N)c1ccc(C[C@H](N)C(=O)O)cc1)O[C@H](c1ccc(Cl)cc1-n1ccc(C)n1)C(F)(F)F. The number of nitrogens with zero attached hydrogens (tertiary/aromatic N) is 3. The van der Waals surface area contributed by atoms with Crippen molar-refractivity contribution in [3.63, 3.8) is 0 Å². The summed E-state index contributed by atoms with van der Waals surface area (Å²) in [6, 6.07) is 10.7. The first-order valence-electron chi connectivity index (χ1n) is 11.4. The molecule has 3 rings (SSSR count). The maximum absolute atomic E-state index is 14.3. The third-order valence-corrected chi connectivity index (χ3v) is 5.62. The van der Waals surface area contributed by atoms with Crippen molar-refractivity contribution in [3.05, 3.63) is 101 Å². The number of aromatic nitrogens is 2. The number of hydrogen-bond acceptors (Lipinski definition) is 5. The second-order valence-electron chi connectivity index (χ2n) is 8.52. The summed E-state index contributed by atoms with van der Waals surface area (Å²) in [6.07, 6.45) is -4.54. The topological polar surface area (TPSA) is 155 Å². The first kappa shape index (κ1) is 29.3. The molecule has 0 aliphatic rings. The predicted octanol–water partition coefficient (Wildman–Crippen LogP) is 4.24. The van der Waals surface area contributed by atoms with E-state index in [1.807, 2.05) is 0 Å². The quantitative estimate of drug-likeness (QED) is 0.125. The Kier molecular flexibility index (Phi) is 9.04. The number of aliphatic imine (C=N–C) groups is 1. The number of rotatable bonds is 10. The van der Waals surface area contributed by atoms with Gasteiger partial charge < -0.3 is 27.0 Å². The molecule has 0 spiro atoms. The number of hydrogen-bond donors (Lipinski definition) is 4. The molecular formula is C26H26ClF3N6O3. The number of ether oxygens (including phenoxy) is 1. The molecule has 0 aliphatic heterocycles. The summed E-state index contributed by atoms with van der Waals surface area (Å²) in [5, 5.41) is 13.4. The fourth-order valence-electron chi connectivity index (χ4n) is 3.60. The number of aryl methyl sites for hydroxylation is 1. The molecule has 1 aromatic heterocycles. The Hall–Kier alpha value is -4.29. The zero-order chi connectivity index (χ0) is 28.9. The number of carboxylic acids is 1. The number of nitrogens with two attached hydrogens (primary N) is 3. The van der Waals surface area contributed by atoms with Gasteiger partial charge in [0.05, 0.1) is 17.1 Å². The lowest BCUT2D eigenvalue weighted by Gasteiger charge is -2.24. The fourth-order valence-corrected chi connectivity index (χ4v) is 3.77. The van der Waals surface area contributed by atoms with E-state index in [4.69, 9.17) is 38.6 Å². The fraction of sp³-hybridized carbons (Fsp3) is 0.192. The number of carboxylic acid groups (broad SMARTS) is 1. The van der Waals surface area contributed by atoms with Crippen LogP contribution in [-0.2, 0) is 16.0 Å². The van der Waals surface area contributed by atoms with Crippen molar-refractivity contribution >= 4 is 29.2 Å². The summed E-state index contributed by atoms with van der Waals surface area (Å²) in [5.41, 5.74) is 18.1. The van der Waals surface area contributed by atoms with Crippen molar-refractivity contribution in [2.24, 2.45) is 22.2 Å². The lowest BCUT2D eigenvalue weighted by atomic mass is 10.0. The third kappa shape index (κ3) is 7.85. The molecule has 0 amide bonds. The summed E-state index contributed by atoms with van der Waals surface area (Å²) in [6.45, 7) is 5.32. The molecule has 0 saturated heterocycles. The second kappa shape index (κ2) is 12.0. The van der Waals surface area contributed by atoms with Crippen LogP contribution in [0.2, 0.25) is 5.02 Å². The third-order valence-electron chi connectivity index (χ3n) is 5.38. The first-order chi connectivity index (χ1) is 18.2. The smallest absolute Gasteiger partial charge is 0.429 e. The van der Waals surface area contributed by atoms with E-state index >= 15 is 0 Å². The van der Waals surface area contributed by atoms with Gasteiger partial charge in [-0.25, -0.2) is 9.67 Å². The van der Waals surface area contributed by atoms with Crippen LogP contribution in [0.4, 0.5) is 13.2 Å². The van der Waals surface area contributed by atoms with Gasteiger partial charge in [0.1, 0.15) is 11.8 Å². The minimum Gasteiger partial charge on any atom is -0.480 e. The predicted molar refractivity (Wildman–Crippen MR) is 142 cm³/mol. The Morgan fingerprint density at radius 2 is 1.90 bits per heavy atom. The average molecular weight is 563 g/mol. The molecule has 0 bridgehead atoms. The van der Waals surface area contributed by atoms with E-state index in [0.717, 1.165) is 6.08 Å². The van der Waals surface area contributed by atoms with E-state index in [2.05, 4.69) is 16.7 Å². The number of guanidine groups is 1. The van der Waals surface area contributed by atoms with Gasteiger partial charge in [0.25, 0.3) is 0 Å². The number of halogens is 4. The van der Waals surface area contributed by atoms with Crippen LogP contribution in [0.3, 0.4) is 0 Å². The van der Waals surface area contributed by atoms with Gasteiger partial charge >= 0.3 is 12.1 Å². The van der Waals surface area contributed by atoms with Crippen molar-refractivity contribution in [2.75, 3.05) is 0 Å². The van der Waals surface area contributed by atoms with Gasteiger partial charge in [-0.05, 0) is 37.1 Å². The molecule has 0 aliphatic carbocycles. The number of carbonyl (C=O) groups is 1. The Morgan fingerprint density at radius 3 is 2.44 bits per heavy atom. The molecule has 13 heteroatoms. The maximum atomic E-state index is 14.3. The van der Waals surface area contributed by atoms with E-state index < -0.39 is 24.3 Å². The Labute approximate surface area is 227 Å². The highest BCUT2D eigenvalue weighted by atomic mass is 35.5. The van der Waals surface area contributed by atoms with Gasteiger partial charge in [0, 0.05) is 28.4 Å². The van der Waals surface area contributed by atoms with Gasteiger partial charge in [0.2, 0.25) is 6.10 Å². The molecule has 3 aromatic rings. The van der Waals surface area contributed by atoms with Crippen LogP contribution in [0, 0.1) is 6.92 Å². The van der Waals surface area contributed by atoms with Crippen LogP contribution in [-0.4, -0.2) is 39.0 Å². The molecule has 39 heavy (non-hydrogen) atoms. The molecule has 9 nitrogen and oxygen atoms in total. The second-order valence-corrected chi connectivity index (χ2v) is 8.96. The summed E-state index contributed by atoms with van der Waals surface area (Å²) in [5.74, 6) is -1.89. The number of benzene rings is 2. The Balaban J connectivity index is 1.96. The van der Waals surface area contributed by atoms with Crippen LogP contribution in [0.15, 0.2) is 78.1 Å². The van der Waals surface area contributed by atoms with E-state index in [1.54, 1.807) is 37.3 Å². The molecule has 0 saturated carbocycles. The molecular weight excluding hydrogens is 537 g/mol. The van der Waals surface area contributed by atoms with E-state index in [1.165, 1.54) is 29.1 Å². The van der Waals surface area contributed by atoms with Crippen LogP contribution in [0.1, 0.15) is 28.5 Å². The van der Waals surface area contributed by atoms with Gasteiger partial charge in [-0.2, -0.15) is 18.3 Å².